The molecule has 2 rings (SSSR count). The number of carboxylic acids is 1. The Hall–Kier alpha value is -1.87. The van der Waals surface area contributed by atoms with Gasteiger partial charge in [0, 0.05) is 0 Å². The topological polar surface area (TPSA) is 37.3 Å². The average Bonchev–Trinajstić information content (AvgIpc) is 2.41. The van der Waals surface area contributed by atoms with E-state index < -0.39 is 17.7 Å². The van der Waals surface area contributed by atoms with Gasteiger partial charge in [-0.15, -0.1) is 0 Å². The molecule has 0 radical (unpaired) electrons. The average molecular weight is 279 g/mol. The molecule has 98 valence electrons. The zero-order valence-electron chi connectivity index (χ0n) is 10.2. The highest BCUT2D eigenvalue weighted by Gasteiger charge is 2.14. The van der Waals surface area contributed by atoms with E-state index >= 15 is 0 Å². The normalized spacial score (nSPS) is 12.2. The number of aliphatic carboxylic acids is 1. The minimum Gasteiger partial charge on any atom is -0.481 e. The molecular formula is C15H12ClFO2. The quantitative estimate of drug-likeness (QED) is 0.907. The van der Waals surface area contributed by atoms with Crippen LogP contribution in [-0.2, 0) is 4.79 Å². The van der Waals surface area contributed by atoms with Crippen LogP contribution in [0.1, 0.15) is 18.4 Å². The van der Waals surface area contributed by atoms with Crippen molar-refractivity contribution in [2.75, 3.05) is 0 Å². The van der Waals surface area contributed by atoms with E-state index in [1.807, 2.05) is 6.07 Å². The third-order valence-corrected chi connectivity index (χ3v) is 3.30. The number of rotatable bonds is 3. The summed E-state index contributed by atoms with van der Waals surface area (Å²) in [6.07, 6.45) is 0. The van der Waals surface area contributed by atoms with Crippen LogP contribution in [0, 0.1) is 5.82 Å². The van der Waals surface area contributed by atoms with Gasteiger partial charge in [0.2, 0.25) is 0 Å². The van der Waals surface area contributed by atoms with Gasteiger partial charge >= 0.3 is 5.97 Å². The number of benzene rings is 2. The molecule has 2 nitrogen and oxygen atoms in total. The largest absolute Gasteiger partial charge is 0.481 e. The monoisotopic (exact) mass is 278 g/mol. The summed E-state index contributed by atoms with van der Waals surface area (Å²) >= 11 is 5.75. The zero-order valence-corrected chi connectivity index (χ0v) is 11.0. The first-order chi connectivity index (χ1) is 8.99. The fourth-order valence-corrected chi connectivity index (χ4v) is 1.99. The Kier molecular flexibility index (Phi) is 3.86. The Morgan fingerprint density at radius 2 is 1.89 bits per heavy atom. The number of carboxylic acid groups (broad SMARTS) is 1. The fraction of sp³-hybridized carbons (Fsp3) is 0.133. The van der Waals surface area contributed by atoms with Crippen molar-refractivity contribution < 1.29 is 14.3 Å². The van der Waals surface area contributed by atoms with Gasteiger partial charge in [0.25, 0.3) is 0 Å². The molecule has 0 heterocycles. The van der Waals surface area contributed by atoms with Crippen molar-refractivity contribution in [2.24, 2.45) is 0 Å². The van der Waals surface area contributed by atoms with Gasteiger partial charge in [-0.2, -0.15) is 0 Å². The summed E-state index contributed by atoms with van der Waals surface area (Å²) in [4.78, 5) is 11.0. The van der Waals surface area contributed by atoms with E-state index in [2.05, 4.69) is 0 Å². The molecular weight excluding hydrogens is 267 g/mol. The maximum atomic E-state index is 13.1. The van der Waals surface area contributed by atoms with E-state index in [1.54, 1.807) is 31.2 Å². The van der Waals surface area contributed by atoms with Gasteiger partial charge in [-0.25, -0.2) is 4.39 Å². The van der Waals surface area contributed by atoms with Crippen LogP contribution in [0.2, 0.25) is 5.02 Å². The minimum atomic E-state index is -0.880. The minimum absolute atomic E-state index is 0.0502. The second-order valence-electron chi connectivity index (χ2n) is 4.31. The van der Waals surface area contributed by atoms with E-state index in [4.69, 9.17) is 16.7 Å². The first-order valence-electron chi connectivity index (χ1n) is 5.77. The Balaban J connectivity index is 2.43. The molecule has 0 aliphatic rings. The lowest BCUT2D eigenvalue weighted by atomic mass is 9.96. The van der Waals surface area contributed by atoms with Crippen molar-refractivity contribution in [3.63, 3.8) is 0 Å². The Labute approximate surface area is 115 Å². The summed E-state index contributed by atoms with van der Waals surface area (Å²) in [5.41, 5.74) is 2.27. The van der Waals surface area contributed by atoms with Crippen LogP contribution in [0.4, 0.5) is 4.39 Å². The van der Waals surface area contributed by atoms with Gasteiger partial charge in [-0.05, 0) is 35.7 Å². The molecule has 1 atom stereocenters. The summed E-state index contributed by atoms with van der Waals surface area (Å²) in [5.74, 6) is -1.94. The highest BCUT2D eigenvalue weighted by atomic mass is 35.5. The van der Waals surface area contributed by atoms with Crippen molar-refractivity contribution in [1.29, 1.82) is 0 Å². The number of hydrogen-bond acceptors (Lipinski definition) is 1. The van der Waals surface area contributed by atoms with Crippen LogP contribution in [-0.4, -0.2) is 11.1 Å². The molecule has 0 fully saturated rings. The molecule has 0 bridgehead atoms. The van der Waals surface area contributed by atoms with Gasteiger partial charge in [-0.1, -0.05) is 41.9 Å². The second-order valence-corrected chi connectivity index (χ2v) is 4.72. The highest BCUT2D eigenvalue weighted by Crippen LogP contribution is 2.27. The van der Waals surface area contributed by atoms with Crippen LogP contribution < -0.4 is 0 Å². The molecule has 0 aliphatic heterocycles. The summed E-state index contributed by atoms with van der Waals surface area (Å²) in [6, 6.07) is 11.6. The molecule has 4 heteroatoms. The number of hydrogen-bond donors (Lipinski definition) is 1. The summed E-state index contributed by atoms with van der Waals surface area (Å²) < 4.78 is 13.1. The molecule has 0 amide bonds. The summed E-state index contributed by atoms with van der Waals surface area (Å²) in [7, 11) is 0. The van der Waals surface area contributed by atoms with Crippen LogP contribution in [0.5, 0.6) is 0 Å². The van der Waals surface area contributed by atoms with Gasteiger partial charge in [0.1, 0.15) is 5.82 Å². The molecule has 0 spiro atoms. The van der Waals surface area contributed by atoms with Crippen LogP contribution in [0.15, 0.2) is 42.5 Å². The van der Waals surface area contributed by atoms with Crippen molar-refractivity contribution >= 4 is 17.6 Å². The lowest BCUT2D eigenvalue weighted by Crippen LogP contribution is -2.07. The van der Waals surface area contributed by atoms with E-state index in [0.29, 0.717) is 5.56 Å². The van der Waals surface area contributed by atoms with Crippen molar-refractivity contribution in [3.05, 3.63) is 58.9 Å². The van der Waals surface area contributed by atoms with Crippen molar-refractivity contribution in [3.8, 4) is 11.1 Å². The van der Waals surface area contributed by atoms with Gasteiger partial charge < -0.3 is 5.11 Å². The van der Waals surface area contributed by atoms with Crippen LogP contribution in [0.25, 0.3) is 11.1 Å². The first kappa shape index (κ1) is 13.6. The van der Waals surface area contributed by atoms with E-state index in [-0.39, 0.29) is 5.02 Å². The molecule has 19 heavy (non-hydrogen) atoms. The standard InChI is InChI=1S/C15H12ClFO2/c1-9(15(18)19)10-3-2-4-11(7-10)12-5-6-14(17)13(16)8-12/h2-9H,1H3,(H,18,19). The lowest BCUT2D eigenvalue weighted by Gasteiger charge is -2.09. The van der Waals surface area contributed by atoms with Gasteiger partial charge in [0.05, 0.1) is 10.9 Å². The molecule has 1 N–H and O–H groups in total. The second kappa shape index (κ2) is 5.41. The molecule has 0 aliphatic carbocycles. The van der Waals surface area contributed by atoms with Crippen LogP contribution in [0.3, 0.4) is 0 Å². The predicted octanol–water partition coefficient (Wildman–Crippen LogP) is 4.33. The Morgan fingerprint density at radius 1 is 1.21 bits per heavy atom. The fourth-order valence-electron chi connectivity index (χ4n) is 1.81. The maximum Gasteiger partial charge on any atom is 0.310 e. The maximum absolute atomic E-state index is 13.1. The zero-order chi connectivity index (χ0) is 14.0. The van der Waals surface area contributed by atoms with Gasteiger partial charge in [0.15, 0.2) is 0 Å². The molecule has 0 saturated carbocycles. The molecule has 0 aromatic heterocycles. The third-order valence-electron chi connectivity index (χ3n) is 3.01. The van der Waals surface area contributed by atoms with E-state index in [0.717, 1.165) is 11.1 Å². The summed E-state index contributed by atoms with van der Waals surface area (Å²) in [5, 5.41) is 9.06. The highest BCUT2D eigenvalue weighted by molar-refractivity contribution is 6.31. The van der Waals surface area contributed by atoms with Crippen LogP contribution >= 0.6 is 11.6 Å². The molecule has 2 aromatic rings. The Bertz CT molecular complexity index is 625. The van der Waals surface area contributed by atoms with Gasteiger partial charge in [-0.3, -0.25) is 4.79 Å². The first-order valence-corrected chi connectivity index (χ1v) is 6.15. The Morgan fingerprint density at radius 3 is 2.53 bits per heavy atom. The predicted molar refractivity (Wildman–Crippen MR) is 72.9 cm³/mol. The summed E-state index contributed by atoms with van der Waals surface area (Å²) in [6.45, 7) is 1.62. The van der Waals surface area contributed by atoms with Crippen molar-refractivity contribution in [2.45, 2.75) is 12.8 Å². The third kappa shape index (κ3) is 2.93. The SMILES string of the molecule is CC(C(=O)O)c1cccc(-c2ccc(F)c(Cl)c2)c1. The van der Waals surface area contributed by atoms with E-state index in [9.17, 15) is 9.18 Å². The molecule has 2 aromatic carbocycles. The number of halogens is 2. The molecule has 0 saturated heterocycles. The van der Waals surface area contributed by atoms with E-state index in [1.165, 1.54) is 12.1 Å². The lowest BCUT2D eigenvalue weighted by molar-refractivity contribution is -0.138. The van der Waals surface area contributed by atoms with Crippen molar-refractivity contribution in [1.82, 2.24) is 0 Å². The molecule has 1 unspecified atom stereocenters. The smallest absolute Gasteiger partial charge is 0.310 e. The number of carbonyl (C=O) groups is 1.